The van der Waals surface area contributed by atoms with Gasteiger partial charge in [0.25, 0.3) is 0 Å². The summed E-state index contributed by atoms with van der Waals surface area (Å²) in [6, 6.07) is 4.96. The van der Waals surface area contributed by atoms with Crippen LogP contribution in [0.2, 0.25) is 0 Å². The molecule has 1 aliphatic rings. The molecule has 2 heterocycles. The molecule has 1 aromatic carbocycles. The quantitative estimate of drug-likeness (QED) is 0.843. The van der Waals surface area contributed by atoms with Crippen LogP contribution in [0.1, 0.15) is 24.7 Å². The largest absolute Gasteiger partial charge is 0.445 e. The van der Waals surface area contributed by atoms with Crippen LogP contribution in [0.3, 0.4) is 0 Å². The molecule has 0 unspecified atom stereocenters. The Hall–Kier alpha value is -2.13. The normalized spacial score (nSPS) is 21.4. The predicted molar refractivity (Wildman–Crippen MR) is 92.9 cm³/mol. The van der Waals surface area contributed by atoms with Gasteiger partial charge in [-0.05, 0) is 32.4 Å². The number of halogens is 3. The minimum Gasteiger partial charge on any atom is -0.445 e. The van der Waals surface area contributed by atoms with Crippen molar-refractivity contribution in [1.82, 2.24) is 4.90 Å². The van der Waals surface area contributed by atoms with Crippen LogP contribution in [0.5, 0.6) is 0 Å². The zero-order valence-corrected chi connectivity index (χ0v) is 14.3. The highest BCUT2D eigenvalue weighted by molar-refractivity contribution is 5.93. The molecule has 0 radical (unpaired) electrons. The van der Waals surface area contributed by atoms with Gasteiger partial charge in [0.1, 0.15) is 6.17 Å². The maximum Gasteiger partial charge on any atom is 0.242 e. The molecular weight excluding hydrogens is 329 g/mol. The second kappa shape index (κ2) is 7.40. The molecule has 25 heavy (non-hydrogen) atoms. The molecule has 0 amide bonds. The van der Waals surface area contributed by atoms with Gasteiger partial charge in [-0.2, -0.15) is 0 Å². The van der Waals surface area contributed by atoms with Crippen LogP contribution in [0.15, 0.2) is 22.6 Å². The Morgan fingerprint density at radius 2 is 2.20 bits per heavy atom. The van der Waals surface area contributed by atoms with E-state index in [0.29, 0.717) is 35.2 Å². The fourth-order valence-corrected chi connectivity index (χ4v) is 3.27. The first kappa shape index (κ1) is 17.7. The van der Waals surface area contributed by atoms with Gasteiger partial charge in [-0.3, -0.25) is 0 Å². The molecule has 3 nitrogen and oxygen atoms in total. The fourth-order valence-electron chi connectivity index (χ4n) is 3.27. The zero-order valence-electron chi connectivity index (χ0n) is 14.3. The molecule has 1 aromatic heterocycles. The highest BCUT2D eigenvalue weighted by Gasteiger charge is 2.28. The van der Waals surface area contributed by atoms with Crippen molar-refractivity contribution >= 4 is 16.7 Å². The lowest BCUT2D eigenvalue weighted by atomic mass is 10.0. The number of hydrogen-bond acceptors (Lipinski definition) is 3. The monoisotopic (exact) mass is 350 g/mol. The molecule has 0 bridgehead atoms. The van der Waals surface area contributed by atoms with Gasteiger partial charge in [-0.15, -0.1) is 0 Å². The number of anilines is 1. The van der Waals surface area contributed by atoms with E-state index in [0.717, 1.165) is 6.54 Å². The lowest BCUT2D eigenvalue weighted by Gasteiger charge is -2.33. The molecule has 1 aliphatic heterocycles. The molecular formula is C19H21F3N2O. The maximum atomic E-state index is 14.3. The summed E-state index contributed by atoms with van der Waals surface area (Å²) in [6.07, 6.45) is -3.24. The Morgan fingerprint density at radius 1 is 1.40 bits per heavy atom. The van der Waals surface area contributed by atoms with Gasteiger partial charge < -0.3 is 14.6 Å². The van der Waals surface area contributed by atoms with Crippen LogP contribution in [0.4, 0.5) is 18.9 Å². The third-order valence-electron chi connectivity index (χ3n) is 4.50. The molecule has 0 spiro atoms. The van der Waals surface area contributed by atoms with E-state index in [2.05, 4.69) is 17.2 Å². The van der Waals surface area contributed by atoms with Crippen molar-refractivity contribution in [3.63, 3.8) is 0 Å². The van der Waals surface area contributed by atoms with Crippen molar-refractivity contribution in [3.8, 4) is 11.8 Å². The number of piperidine rings is 1. The molecule has 6 heteroatoms. The van der Waals surface area contributed by atoms with Gasteiger partial charge >= 0.3 is 0 Å². The number of alkyl halides is 3. The summed E-state index contributed by atoms with van der Waals surface area (Å²) in [6.45, 7) is 2.80. The molecule has 2 aromatic rings. The van der Waals surface area contributed by atoms with Gasteiger partial charge in [0, 0.05) is 30.5 Å². The van der Waals surface area contributed by atoms with Gasteiger partial charge in [-0.1, -0.05) is 18.1 Å². The Balaban J connectivity index is 1.97. The highest BCUT2D eigenvalue weighted by Crippen LogP contribution is 2.33. The van der Waals surface area contributed by atoms with Crippen LogP contribution in [0.25, 0.3) is 11.0 Å². The minimum absolute atomic E-state index is 0.257. The summed E-state index contributed by atoms with van der Waals surface area (Å²) in [5.74, 6) is 5.71. The van der Waals surface area contributed by atoms with Gasteiger partial charge in [0.2, 0.25) is 6.43 Å². The number of nitrogens with one attached hydrogen (secondary N) is 1. The molecule has 1 saturated heterocycles. The van der Waals surface area contributed by atoms with E-state index in [9.17, 15) is 13.2 Å². The van der Waals surface area contributed by atoms with Crippen LogP contribution in [-0.2, 0) is 6.42 Å². The maximum absolute atomic E-state index is 14.3. The third-order valence-corrected chi connectivity index (χ3v) is 4.50. The number of nitrogens with zero attached hydrogens (tertiary/aromatic N) is 1. The van der Waals surface area contributed by atoms with E-state index in [1.807, 2.05) is 11.9 Å². The van der Waals surface area contributed by atoms with Crippen molar-refractivity contribution < 1.29 is 17.6 Å². The van der Waals surface area contributed by atoms with E-state index in [4.69, 9.17) is 4.42 Å². The summed E-state index contributed by atoms with van der Waals surface area (Å²) in [7, 11) is 1.89. The average Bonchev–Trinajstić information content (AvgIpc) is 2.89. The van der Waals surface area contributed by atoms with E-state index in [1.54, 1.807) is 25.1 Å². The summed E-state index contributed by atoms with van der Waals surface area (Å²) >= 11 is 0. The molecule has 3 rings (SSSR count). The van der Waals surface area contributed by atoms with Crippen molar-refractivity contribution in [1.29, 1.82) is 0 Å². The molecule has 0 aliphatic carbocycles. The molecule has 2 atom stereocenters. The summed E-state index contributed by atoms with van der Waals surface area (Å²) < 4.78 is 46.0. The fraction of sp³-hybridized carbons (Fsp3) is 0.474. The van der Waals surface area contributed by atoms with E-state index < -0.39 is 19.0 Å². The Kier molecular flexibility index (Phi) is 5.24. The smallest absolute Gasteiger partial charge is 0.242 e. The van der Waals surface area contributed by atoms with E-state index in [1.165, 1.54) is 0 Å². The van der Waals surface area contributed by atoms with E-state index in [-0.39, 0.29) is 11.8 Å². The van der Waals surface area contributed by atoms with Crippen molar-refractivity contribution in [2.75, 3.05) is 25.5 Å². The second-order valence-corrected chi connectivity index (χ2v) is 6.38. The van der Waals surface area contributed by atoms with Crippen molar-refractivity contribution in [3.05, 3.63) is 29.5 Å². The summed E-state index contributed by atoms with van der Waals surface area (Å²) in [4.78, 5) is 1.95. The van der Waals surface area contributed by atoms with Crippen molar-refractivity contribution in [2.45, 2.75) is 38.4 Å². The minimum atomic E-state index is -2.49. The van der Waals surface area contributed by atoms with Crippen LogP contribution < -0.4 is 5.32 Å². The topological polar surface area (TPSA) is 28.4 Å². The average molecular weight is 350 g/mol. The number of rotatable bonds is 4. The lowest BCUT2D eigenvalue weighted by molar-refractivity contribution is 0.149. The first-order chi connectivity index (χ1) is 12.0. The number of hydrogen-bond donors (Lipinski definition) is 1. The Labute approximate surface area is 145 Å². The molecule has 134 valence electrons. The number of likely N-dealkylation sites (tertiary alicyclic amines) is 1. The van der Waals surface area contributed by atoms with Gasteiger partial charge in [-0.25, -0.2) is 13.2 Å². The number of fused-ring (bicyclic) bond motifs is 1. The van der Waals surface area contributed by atoms with Crippen LogP contribution in [-0.4, -0.2) is 43.7 Å². The van der Waals surface area contributed by atoms with Gasteiger partial charge in [0.15, 0.2) is 11.3 Å². The van der Waals surface area contributed by atoms with Crippen LogP contribution in [0, 0.1) is 11.8 Å². The van der Waals surface area contributed by atoms with E-state index >= 15 is 0 Å². The first-order valence-electron chi connectivity index (χ1n) is 8.34. The summed E-state index contributed by atoms with van der Waals surface area (Å²) in [5.41, 5.74) is 1.49. The molecule has 0 saturated carbocycles. The third kappa shape index (κ3) is 3.77. The number of furan rings is 1. The zero-order chi connectivity index (χ0) is 18.0. The Bertz CT molecular complexity index is 806. The van der Waals surface area contributed by atoms with Gasteiger partial charge in [0.05, 0.1) is 11.7 Å². The number of benzene rings is 1. The predicted octanol–water partition coefficient (Wildman–Crippen LogP) is 4.07. The summed E-state index contributed by atoms with van der Waals surface area (Å²) in [5, 5.41) is 3.80. The second-order valence-electron chi connectivity index (χ2n) is 6.38. The SMILES string of the molecule is CC#Cc1oc2c(N[C@@H]3CCN(C)C[C@H]3F)cccc2c1CC(F)F. The van der Waals surface area contributed by atoms with Crippen LogP contribution >= 0.6 is 0 Å². The lowest BCUT2D eigenvalue weighted by Crippen LogP contribution is -2.46. The molecule has 1 N–H and O–H groups in total. The first-order valence-corrected chi connectivity index (χ1v) is 8.34. The molecule has 1 fully saturated rings. The Morgan fingerprint density at radius 3 is 2.88 bits per heavy atom. The standard InChI is InChI=1S/C19H21F3N2O/c1-3-5-17-13(10-18(21)22)12-6-4-7-16(19(12)25-17)23-15-8-9-24(2)11-14(15)20/h4,6-7,14-15,18,23H,8-11H2,1-2H3/t14-,15-/m1/s1. The van der Waals surface area contributed by atoms with Crippen molar-refractivity contribution in [2.24, 2.45) is 0 Å². The number of para-hydroxylation sites is 1. The highest BCUT2D eigenvalue weighted by atomic mass is 19.3.